The SMILES string of the molecule is CCNc1cc(NCCCC(C)O)cc([N+](=O)[O-])c1. The van der Waals surface area contributed by atoms with Crippen molar-refractivity contribution in [2.75, 3.05) is 23.7 Å². The van der Waals surface area contributed by atoms with Gasteiger partial charge in [0.2, 0.25) is 0 Å². The molecule has 0 aromatic heterocycles. The van der Waals surface area contributed by atoms with Gasteiger partial charge in [0.25, 0.3) is 5.69 Å². The van der Waals surface area contributed by atoms with Gasteiger partial charge in [0.05, 0.1) is 11.0 Å². The molecule has 19 heavy (non-hydrogen) atoms. The van der Waals surface area contributed by atoms with E-state index in [0.29, 0.717) is 19.5 Å². The van der Waals surface area contributed by atoms with Crippen molar-refractivity contribution in [2.24, 2.45) is 0 Å². The van der Waals surface area contributed by atoms with Crippen LogP contribution in [-0.4, -0.2) is 29.2 Å². The second kappa shape index (κ2) is 7.58. The maximum Gasteiger partial charge on any atom is 0.273 e. The molecule has 0 bridgehead atoms. The minimum atomic E-state index is -0.401. The topological polar surface area (TPSA) is 87.4 Å². The summed E-state index contributed by atoms with van der Waals surface area (Å²) in [5.74, 6) is 0. The Kier molecular flexibility index (Phi) is 6.08. The lowest BCUT2D eigenvalue weighted by Crippen LogP contribution is -2.07. The standard InChI is InChI=1S/C13H21N3O3/c1-3-14-11-7-12(9-13(8-11)16(18)19)15-6-4-5-10(2)17/h7-10,14-15,17H,3-6H2,1-2H3. The summed E-state index contributed by atoms with van der Waals surface area (Å²) in [6, 6.07) is 4.88. The molecule has 0 saturated heterocycles. The molecule has 1 unspecified atom stereocenters. The molecule has 6 heteroatoms. The molecular formula is C13H21N3O3. The molecule has 0 radical (unpaired) electrons. The van der Waals surface area contributed by atoms with Gasteiger partial charge in [-0.25, -0.2) is 0 Å². The molecule has 3 N–H and O–H groups in total. The molecule has 0 fully saturated rings. The molecule has 106 valence electrons. The quantitative estimate of drug-likeness (QED) is 0.383. The van der Waals surface area contributed by atoms with Crippen molar-refractivity contribution in [3.63, 3.8) is 0 Å². The maximum atomic E-state index is 10.8. The van der Waals surface area contributed by atoms with E-state index in [1.807, 2.05) is 13.0 Å². The first-order valence-electron chi connectivity index (χ1n) is 6.48. The fraction of sp³-hybridized carbons (Fsp3) is 0.538. The fourth-order valence-electron chi connectivity index (χ4n) is 1.76. The first-order valence-corrected chi connectivity index (χ1v) is 6.48. The number of hydrogen-bond donors (Lipinski definition) is 3. The molecule has 0 aliphatic carbocycles. The smallest absolute Gasteiger partial charge is 0.273 e. The predicted octanol–water partition coefficient (Wildman–Crippen LogP) is 2.60. The lowest BCUT2D eigenvalue weighted by Gasteiger charge is -2.10. The second-order valence-electron chi connectivity index (χ2n) is 4.47. The number of aliphatic hydroxyl groups is 1. The predicted molar refractivity (Wildman–Crippen MR) is 76.7 cm³/mol. The lowest BCUT2D eigenvalue weighted by atomic mass is 10.2. The lowest BCUT2D eigenvalue weighted by molar-refractivity contribution is -0.384. The highest BCUT2D eigenvalue weighted by atomic mass is 16.6. The average molecular weight is 267 g/mol. The third-order valence-electron chi connectivity index (χ3n) is 2.64. The monoisotopic (exact) mass is 267 g/mol. The molecule has 0 saturated carbocycles. The van der Waals surface area contributed by atoms with Crippen LogP contribution in [-0.2, 0) is 0 Å². The van der Waals surface area contributed by atoms with Crippen LogP contribution in [0.1, 0.15) is 26.7 Å². The second-order valence-corrected chi connectivity index (χ2v) is 4.47. The Balaban J connectivity index is 2.67. The Bertz CT molecular complexity index is 422. The van der Waals surface area contributed by atoms with Crippen molar-refractivity contribution < 1.29 is 10.0 Å². The molecule has 0 amide bonds. The highest BCUT2D eigenvalue weighted by Crippen LogP contribution is 2.24. The van der Waals surface area contributed by atoms with Crippen molar-refractivity contribution in [3.8, 4) is 0 Å². The summed E-state index contributed by atoms with van der Waals surface area (Å²) in [4.78, 5) is 10.4. The summed E-state index contributed by atoms with van der Waals surface area (Å²) < 4.78 is 0. The molecule has 0 aliphatic rings. The summed E-state index contributed by atoms with van der Waals surface area (Å²) >= 11 is 0. The van der Waals surface area contributed by atoms with E-state index in [0.717, 1.165) is 17.8 Å². The number of rotatable bonds is 8. The van der Waals surface area contributed by atoms with Crippen LogP contribution in [0.25, 0.3) is 0 Å². The van der Waals surface area contributed by atoms with Crippen LogP contribution in [0.2, 0.25) is 0 Å². The minimum Gasteiger partial charge on any atom is -0.393 e. The number of anilines is 2. The molecule has 1 rings (SSSR count). The minimum absolute atomic E-state index is 0.0662. The summed E-state index contributed by atoms with van der Waals surface area (Å²) in [5, 5.41) is 26.2. The van der Waals surface area contributed by atoms with Crippen LogP contribution in [0, 0.1) is 10.1 Å². The van der Waals surface area contributed by atoms with Crippen molar-refractivity contribution in [3.05, 3.63) is 28.3 Å². The normalized spacial score (nSPS) is 11.9. The Labute approximate surface area is 113 Å². The van der Waals surface area contributed by atoms with E-state index in [1.165, 1.54) is 12.1 Å². The van der Waals surface area contributed by atoms with E-state index in [1.54, 1.807) is 6.92 Å². The van der Waals surface area contributed by atoms with Gasteiger partial charge in [0.15, 0.2) is 0 Å². The highest BCUT2D eigenvalue weighted by Gasteiger charge is 2.09. The van der Waals surface area contributed by atoms with Gasteiger partial charge in [0.1, 0.15) is 0 Å². The van der Waals surface area contributed by atoms with E-state index < -0.39 is 4.92 Å². The number of nitrogens with zero attached hydrogens (tertiary/aromatic N) is 1. The van der Waals surface area contributed by atoms with E-state index in [2.05, 4.69) is 10.6 Å². The van der Waals surface area contributed by atoms with E-state index in [9.17, 15) is 10.1 Å². The van der Waals surface area contributed by atoms with Crippen LogP contribution < -0.4 is 10.6 Å². The van der Waals surface area contributed by atoms with Crippen LogP contribution in [0.4, 0.5) is 17.1 Å². The van der Waals surface area contributed by atoms with Crippen LogP contribution >= 0.6 is 0 Å². The summed E-state index contributed by atoms with van der Waals surface area (Å²) in [7, 11) is 0. The summed E-state index contributed by atoms with van der Waals surface area (Å²) in [6.45, 7) is 5.07. The zero-order valence-corrected chi connectivity index (χ0v) is 11.3. The van der Waals surface area contributed by atoms with Gasteiger partial charge in [-0.2, -0.15) is 0 Å². The number of nitrogens with one attached hydrogen (secondary N) is 2. The molecule has 1 aromatic rings. The van der Waals surface area contributed by atoms with Crippen LogP contribution in [0.15, 0.2) is 18.2 Å². The maximum absolute atomic E-state index is 10.8. The van der Waals surface area contributed by atoms with Crippen molar-refractivity contribution in [1.29, 1.82) is 0 Å². The van der Waals surface area contributed by atoms with E-state index >= 15 is 0 Å². The Morgan fingerprint density at radius 1 is 1.32 bits per heavy atom. The van der Waals surface area contributed by atoms with Crippen LogP contribution in [0.3, 0.4) is 0 Å². The number of benzene rings is 1. The third-order valence-corrected chi connectivity index (χ3v) is 2.64. The van der Waals surface area contributed by atoms with Gasteiger partial charge in [-0.3, -0.25) is 10.1 Å². The summed E-state index contributed by atoms with van der Waals surface area (Å²) in [6.07, 6.45) is 1.21. The largest absolute Gasteiger partial charge is 0.393 e. The summed E-state index contributed by atoms with van der Waals surface area (Å²) in [5.41, 5.74) is 1.52. The van der Waals surface area contributed by atoms with Gasteiger partial charge >= 0.3 is 0 Å². The van der Waals surface area contributed by atoms with Crippen LogP contribution in [0.5, 0.6) is 0 Å². The van der Waals surface area contributed by atoms with E-state index in [-0.39, 0.29) is 11.8 Å². The number of non-ortho nitro benzene ring substituents is 1. The Hall–Kier alpha value is -1.82. The zero-order chi connectivity index (χ0) is 14.3. The number of aliphatic hydroxyl groups excluding tert-OH is 1. The molecule has 0 aliphatic heterocycles. The van der Waals surface area contributed by atoms with Gasteiger partial charge < -0.3 is 15.7 Å². The molecule has 0 spiro atoms. The first-order chi connectivity index (χ1) is 9.02. The van der Waals surface area contributed by atoms with Crippen molar-refractivity contribution in [1.82, 2.24) is 0 Å². The first kappa shape index (κ1) is 15.2. The molecule has 0 heterocycles. The molecule has 6 nitrogen and oxygen atoms in total. The number of nitro groups is 1. The number of hydrogen-bond acceptors (Lipinski definition) is 5. The molecule has 1 atom stereocenters. The fourth-order valence-corrected chi connectivity index (χ4v) is 1.76. The average Bonchev–Trinajstić information content (AvgIpc) is 2.34. The highest BCUT2D eigenvalue weighted by molar-refractivity contribution is 5.63. The zero-order valence-electron chi connectivity index (χ0n) is 11.3. The van der Waals surface area contributed by atoms with Crippen molar-refractivity contribution >= 4 is 17.1 Å². The van der Waals surface area contributed by atoms with Gasteiger partial charge in [-0.1, -0.05) is 0 Å². The Morgan fingerprint density at radius 3 is 2.47 bits per heavy atom. The van der Waals surface area contributed by atoms with Gasteiger partial charge in [-0.05, 0) is 32.8 Å². The molecule has 1 aromatic carbocycles. The third kappa shape index (κ3) is 5.56. The number of nitro benzene ring substituents is 1. The van der Waals surface area contributed by atoms with Gasteiger partial charge in [0, 0.05) is 36.6 Å². The van der Waals surface area contributed by atoms with E-state index in [4.69, 9.17) is 5.11 Å². The van der Waals surface area contributed by atoms with Gasteiger partial charge in [-0.15, -0.1) is 0 Å². The Morgan fingerprint density at radius 2 is 1.95 bits per heavy atom. The van der Waals surface area contributed by atoms with Crippen molar-refractivity contribution in [2.45, 2.75) is 32.8 Å². The molecular weight excluding hydrogens is 246 g/mol.